The van der Waals surface area contributed by atoms with Crippen molar-refractivity contribution in [2.24, 2.45) is 0 Å². The summed E-state index contributed by atoms with van der Waals surface area (Å²) in [5.74, 6) is 1.04. The Morgan fingerprint density at radius 3 is 2.79 bits per heavy atom. The van der Waals surface area contributed by atoms with Gasteiger partial charge in [-0.1, -0.05) is 0 Å². The molecular formula is C9H17NO2SSe. The molecule has 0 unspecified atom stereocenters. The quantitative estimate of drug-likeness (QED) is 0.748. The Bertz CT molecular complexity index is 199. The molecule has 0 aromatic heterocycles. The van der Waals surface area contributed by atoms with Crippen LogP contribution in [0.15, 0.2) is 0 Å². The molecular weight excluding hydrogens is 265 g/mol. The van der Waals surface area contributed by atoms with Crippen molar-refractivity contribution in [3.05, 3.63) is 0 Å². The molecule has 5 heteroatoms. The standard InChI is InChI=1S/C9H17NO2SSe/c1-9(2,3)12-8(11)10-7-4-5-14-13-6-7/h7H,4-6H2,1-3H3,(H,10,11)/t7-/m0/s1. The van der Waals surface area contributed by atoms with Gasteiger partial charge in [0.25, 0.3) is 0 Å². The molecule has 1 amide bonds. The van der Waals surface area contributed by atoms with E-state index in [1.807, 2.05) is 31.0 Å². The Labute approximate surface area is 94.9 Å². The molecule has 1 aliphatic heterocycles. The monoisotopic (exact) mass is 283 g/mol. The van der Waals surface area contributed by atoms with Gasteiger partial charge in [-0.15, -0.1) is 0 Å². The van der Waals surface area contributed by atoms with Crippen molar-refractivity contribution in [2.45, 2.75) is 44.2 Å². The Kier molecular flexibility index (Phi) is 4.61. The number of amides is 1. The van der Waals surface area contributed by atoms with E-state index in [9.17, 15) is 4.79 Å². The maximum atomic E-state index is 11.4. The van der Waals surface area contributed by atoms with E-state index in [0.29, 0.717) is 6.04 Å². The zero-order chi connectivity index (χ0) is 10.6. The SMILES string of the molecule is CC(C)(C)OC(=O)N[C@H]1CC[Se]SC1. The number of ether oxygens (including phenoxy) is 1. The number of hydrogen-bond donors (Lipinski definition) is 1. The van der Waals surface area contributed by atoms with Gasteiger partial charge in [0.05, 0.1) is 0 Å². The predicted octanol–water partition coefficient (Wildman–Crippen LogP) is 2.05. The van der Waals surface area contributed by atoms with Crippen LogP contribution in [0.1, 0.15) is 27.2 Å². The van der Waals surface area contributed by atoms with Gasteiger partial charge in [0.1, 0.15) is 0 Å². The van der Waals surface area contributed by atoms with Crippen LogP contribution in [0.2, 0.25) is 5.32 Å². The molecule has 14 heavy (non-hydrogen) atoms. The average Bonchev–Trinajstić information content (AvgIpc) is 2.02. The molecule has 1 rings (SSSR count). The third-order valence-corrected chi connectivity index (χ3v) is 5.94. The molecule has 0 aromatic rings. The van der Waals surface area contributed by atoms with Crippen LogP contribution in [0, 0.1) is 0 Å². The zero-order valence-corrected chi connectivity index (χ0v) is 11.4. The van der Waals surface area contributed by atoms with Crippen LogP contribution < -0.4 is 5.32 Å². The second-order valence-electron chi connectivity index (χ2n) is 4.24. The van der Waals surface area contributed by atoms with Crippen LogP contribution in [0.25, 0.3) is 0 Å². The van der Waals surface area contributed by atoms with Crippen LogP contribution >= 0.6 is 10.2 Å². The number of hydrogen-bond acceptors (Lipinski definition) is 3. The van der Waals surface area contributed by atoms with Crippen molar-refractivity contribution < 1.29 is 9.53 Å². The van der Waals surface area contributed by atoms with Crippen molar-refractivity contribution in [2.75, 3.05) is 5.75 Å². The first-order valence-electron chi connectivity index (χ1n) is 4.71. The fraction of sp³-hybridized carbons (Fsp3) is 0.889. The third-order valence-electron chi connectivity index (χ3n) is 1.62. The van der Waals surface area contributed by atoms with E-state index in [1.54, 1.807) is 0 Å². The summed E-state index contributed by atoms with van der Waals surface area (Å²) in [7, 11) is 1.96. The Morgan fingerprint density at radius 2 is 2.29 bits per heavy atom. The normalized spacial score (nSPS) is 22.9. The van der Waals surface area contributed by atoms with Crippen LogP contribution in [0.4, 0.5) is 4.79 Å². The number of carbonyl (C=O) groups excluding carboxylic acids is 1. The average molecular weight is 282 g/mol. The molecule has 1 saturated heterocycles. The molecule has 1 aliphatic rings. The Hall–Kier alpha value is 0.139. The van der Waals surface area contributed by atoms with Gasteiger partial charge in [0, 0.05) is 0 Å². The summed E-state index contributed by atoms with van der Waals surface area (Å²) >= 11 is 0.728. The molecule has 82 valence electrons. The van der Waals surface area contributed by atoms with Gasteiger partial charge < -0.3 is 0 Å². The number of alkyl carbamates (subject to hydrolysis) is 1. The van der Waals surface area contributed by atoms with Gasteiger partial charge in [-0.05, 0) is 0 Å². The van der Waals surface area contributed by atoms with Gasteiger partial charge in [-0.2, -0.15) is 0 Å². The van der Waals surface area contributed by atoms with Crippen molar-refractivity contribution in [3.63, 3.8) is 0 Å². The Morgan fingerprint density at radius 1 is 1.57 bits per heavy atom. The van der Waals surface area contributed by atoms with Crippen molar-refractivity contribution >= 4 is 30.1 Å². The topological polar surface area (TPSA) is 38.3 Å². The fourth-order valence-electron chi connectivity index (χ4n) is 1.05. The van der Waals surface area contributed by atoms with Crippen LogP contribution in [0.3, 0.4) is 0 Å². The molecule has 3 nitrogen and oxygen atoms in total. The first-order chi connectivity index (χ1) is 6.47. The molecule has 0 saturated carbocycles. The second kappa shape index (κ2) is 5.29. The van der Waals surface area contributed by atoms with E-state index in [0.717, 1.165) is 26.0 Å². The summed E-state index contributed by atoms with van der Waals surface area (Å²) in [4.78, 5) is 11.4. The molecule has 0 aliphatic carbocycles. The Balaban J connectivity index is 2.25. The van der Waals surface area contributed by atoms with Crippen LogP contribution in [-0.2, 0) is 4.74 Å². The molecule has 0 aromatic carbocycles. The summed E-state index contributed by atoms with van der Waals surface area (Å²) in [6.07, 6.45) is 0.823. The zero-order valence-electron chi connectivity index (χ0n) is 8.83. The molecule has 1 N–H and O–H groups in total. The maximum absolute atomic E-state index is 11.4. The molecule has 1 atom stereocenters. The summed E-state index contributed by atoms with van der Waals surface area (Å²) < 4.78 is 5.19. The first-order valence-corrected chi connectivity index (χ1v) is 8.93. The number of carbonyl (C=O) groups is 1. The molecule has 0 bridgehead atoms. The van der Waals surface area contributed by atoms with Gasteiger partial charge in [0.2, 0.25) is 0 Å². The molecule has 0 spiro atoms. The van der Waals surface area contributed by atoms with Gasteiger partial charge in [0.15, 0.2) is 0 Å². The summed E-state index contributed by atoms with van der Waals surface area (Å²) in [5.41, 5.74) is -0.393. The second-order valence-corrected chi connectivity index (χ2v) is 8.87. The molecule has 1 heterocycles. The van der Waals surface area contributed by atoms with E-state index in [-0.39, 0.29) is 6.09 Å². The van der Waals surface area contributed by atoms with Gasteiger partial charge >= 0.3 is 94.9 Å². The van der Waals surface area contributed by atoms with Crippen molar-refractivity contribution in [1.29, 1.82) is 0 Å². The number of nitrogens with one attached hydrogen (secondary N) is 1. The van der Waals surface area contributed by atoms with Gasteiger partial charge in [-0.3, -0.25) is 0 Å². The summed E-state index contributed by atoms with van der Waals surface area (Å²) in [6.45, 7) is 5.64. The predicted molar refractivity (Wildman–Crippen MR) is 60.8 cm³/mol. The minimum atomic E-state index is -0.393. The number of rotatable bonds is 1. The first kappa shape index (κ1) is 12.2. The van der Waals surface area contributed by atoms with E-state index >= 15 is 0 Å². The van der Waals surface area contributed by atoms with E-state index in [1.165, 1.54) is 5.32 Å². The molecule has 1 fully saturated rings. The fourth-order valence-corrected chi connectivity index (χ4v) is 5.36. The summed E-state index contributed by atoms with van der Waals surface area (Å²) in [5, 5.41) is 4.15. The minimum absolute atomic E-state index is 0.280. The van der Waals surface area contributed by atoms with Crippen molar-refractivity contribution in [1.82, 2.24) is 5.32 Å². The van der Waals surface area contributed by atoms with E-state index < -0.39 is 5.60 Å². The van der Waals surface area contributed by atoms with E-state index in [2.05, 4.69) is 5.32 Å². The summed E-state index contributed by atoms with van der Waals surface area (Å²) in [6, 6.07) is 0.311. The van der Waals surface area contributed by atoms with Crippen molar-refractivity contribution in [3.8, 4) is 0 Å². The van der Waals surface area contributed by atoms with Gasteiger partial charge in [-0.25, -0.2) is 0 Å². The van der Waals surface area contributed by atoms with E-state index in [4.69, 9.17) is 4.74 Å². The van der Waals surface area contributed by atoms with Crippen LogP contribution in [-0.4, -0.2) is 37.3 Å². The van der Waals surface area contributed by atoms with Crippen LogP contribution in [0.5, 0.6) is 0 Å². The molecule has 0 radical (unpaired) electrons. The third kappa shape index (κ3) is 5.13.